The van der Waals surface area contributed by atoms with E-state index in [-0.39, 0.29) is 16.5 Å². The van der Waals surface area contributed by atoms with Crippen molar-refractivity contribution in [3.05, 3.63) is 29.0 Å². The van der Waals surface area contributed by atoms with E-state index in [0.29, 0.717) is 6.42 Å². The summed E-state index contributed by atoms with van der Waals surface area (Å²) in [6.45, 7) is 7.11. The Morgan fingerprint density at radius 2 is 2.00 bits per heavy atom. The van der Waals surface area contributed by atoms with Gasteiger partial charge < -0.3 is 10.1 Å². The summed E-state index contributed by atoms with van der Waals surface area (Å²) >= 11 is 5.77. The van der Waals surface area contributed by atoms with Crippen molar-refractivity contribution in [1.29, 1.82) is 0 Å². The first-order chi connectivity index (χ1) is 10.9. The maximum absolute atomic E-state index is 13.0. The number of carbonyl (C=O) groups is 1. The van der Waals surface area contributed by atoms with Crippen LogP contribution in [0.15, 0.2) is 23.1 Å². The van der Waals surface area contributed by atoms with Gasteiger partial charge >= 0.3 is 6.09 Å². The van der Waals surface area contributed by atoms with Gasteiger partial charge in [0, 0.05) is 12.6 Å². The zero-order valence-corrected chi connectivity index (χ0v) is 15.6. The lowest BCUT2D eigenvalue weighted by Gasteiger charge is -2.20. The van der Waals surface area contributed by atoms with Crippen molar-refractivity contribution in [1.82, 2.24) is 10.0 Å². The Balaban J connectivity index is 2.55. The molecule has 2 N–H and O–H groups in total. The molecule has 0 spiro atoms. The molecular formula is C15H22ClFN2O4S. The molecule has 9 heteroatoms. The van der Waals surface area contributed by atoms with Gasteiger partial charge in [-0.25, -0.2) is 22.3 Å². The number of halogens is 2. The number of sulfonamides is 1. The smallest absolute Gasteiger partial charge is 0.407 e. The summed E-state index contributed by atoms with van der Waals surface area (Å²) in [5, 5.41) is 2.35. The SMILES string of the molecule is CC(CCNC(=O)OC(C)(C)C)NS(=O)(=O)c1ccc(F)cc1Cl. The fourth-order valence-electron chi connectivity index (χ4n) is 1.79. The minimum atomic E-state index is -3.88. The first kappa shape index (κ1) is 20.7. The first-order valence-corrected chi connectivity index (χ1v) is 9.21. The number of benzene rings is 1. The normalized spacial score (nSPS) is 13.4. The second kappa shape index (κ2) is 8.13. The van der Waals surface area contributed by atoms with Crippen LogP contribution in [0.5, 0.6) is 0 Å². The monoisotopic (exact) mass is 380 g/mol. The van der Waals surface area contributed by atoms with Crippen LogP contribution in [0.25, 0.3) is 0 Å². The summed E-state index contributed by atoms with van der Waals surface area (Å²) in [7, 11) is -3.88. The topological polar surface area (TPSA) is 84.5 Å². The Morgan fingerprint density at radius 3 is 2.54 bits per heavy atom. The van der Waals surface area contributed by atoms with Gasteiger partial charge in [-0.2, -0.15) is 0 Å². The van der Waals surface area contributed by atoms with Crippen molar-refractivity contribution in [2.24, 2.45) is 0 Å². The van der Waals surface area contributed by atoms with E-state index in [1.54, 1.807) is 27.7 Å². The molecule has 0 radical (unpaired) electrons. The number of carbonyl (C=O) groups excluding carboxylic acids is 1. The molecule has 136 valence electrons. The van der Waals surface area contributed by atoms with Gasteiger partial charge in [0.15, 0.2) is 0 Å². The Hall–Kier alpha value is -1.38. The first-order valence-electron chi connectivity index (χ1n) is 7.35. The second-order valence-electron chi connectivity index (χ2n) is 6.31. The van der Waals surface area contributed by atoms with E-state index in [9.17, 15) is 17.6 Å². The zero-order chi connectivity index (χ0) is 18.5. The Morgan fingerprint density at radius 1 is 1.38 bits per heavy atom. The van der Waals surface area contributed by atoms with Crippen LogP contribution in [-0.2, 0) is 14.8 Å². The molecule has 1 rings (SSSR count). The lowest BCUT2D eigenvalue weighted by Crippen LogP contribution is -2.37. The molecule has 0 bridgehead atoms. The molecule has 0 aliphatic rings. The molecule has 1 atom stereocenters. The van der Waals surface area contributed by atoms with Crippen molar-refractivity contribution in [3.8, 4) is 0 Å². The summed E-state index contributed by atoms with van der Waals surface area (Å²) < 4.78 is 45.0. The van der Waals surface area contributed by atoms with Crippen LogP contribution in [0.4, 0.5) is 9.18 Å². The molecule has 0 aromatic heterocycles. The number of hydrogen-bond acceptors (Lipinski definition) is 4. The fraction of sp³-hybridized carbons (Fsp3) is 0.533. The third-order valence-electron chi connectivity index (χ3n) is 2.79. The quantitative estimate of drug-likeness (QED) is 0.794. The number of alkyl carbamates (subject to hydrolysis) is 1. The van der Waals surface area contributed by atoms with E-state index in [0.717, 1.165) is 18.2 Å². The number of hydrogen-bond donors (Lipinski definition) is 2. The highest BCUT2D eigenvalue weighted by molar-refractivity contribution is 7.89. The van der Waals surface area contributed by atoms with Crippen molar-refractivity contribution >= 4 is 27.7 Å². The molecule has 1 unspecified atom stereocenters. The molecule has 1 amide bonds. The molecule has 1 aromatic carbocycles. The van der Waals surface area contributed by atoms with Gasteiger partial charge in [0.1, 0.15) is 16.3 Å². The summed E-state index contributed by atoms with van der Waals surface area (Å²) in [5.74, 6) is -0.617. The molecule has 0 saturated heterocycles. The largest absolute Gasteiger partial charge is 0.444 e. The van der Waals surface area contributed by atoms with E-state index in [1.807, 2.05) is 0 Å². The van der Waals surface area contributed by atoms with E-state index in [4.69, 9.17) is 16.3 Å². The van der Waals surface area contributed by atoms with Crippen molar-refractivity contribution in [2.45, 2.75) is 50.7 Å². The molecule has 0 aliphatic carbocycles. The van der Waals surface area contributed by atoms with Crippen LogP contribution in [-0.4, -0.2) is 32.7 Å². The molecule has 0 saturated carbocycles. The van der Waals surface area contributed by atoms with Crippen LogP contribution in [0.2, 0.25) is 5.02 Å². The summed E-state index contributed by atoms with van der Waals surface area (Å²) in [6.07, 6.45) is -0.226. The minimum Gasteiger partial charge on any atom is -0.444 e. The molecule has 24 heavy (non-hydrogen) atoms. The molecule has 0 aliphatic heterocycles. The van der Waals surface area contributed by atoms with Crippen LogP contribution in [0, 0.1) is 5.82 Å². The standard InChI is InChI=1S/C15H22ClFN2O4S/c1-10(7-8-18-14(20)23-15(2,3)4)19-24(21,22)13-6-5-11(17)9-12(13)16/h5-6,9-10,19H,7-8H2,1-4H3,(H,18,20). The number of nitrogens with one attached hydrogen (secondary N) is 2. The van der Waals surface area contributed by atoms with Gasteiger partial charge in [-0.1, -0.05) is 11.6 Å². The van der Waals surface area contributed by atoms with Gasteiger partial charge in [-0.15, -0.1) is 0 Å². The average molecular weight is 381 g/mol. The van der Waals surface area contributed by atoms with Crippen LogP contribution in [0.3, 0.4) is 0 Å². The van der Waals surface area contributed by atoms with E-state index in [1.165, 1.54) is 0 Å². The van der Waals surface area contributed by atoms with Crippen molar-refractivity contribution in [3.63, 3.8) is 0 Å². The van der Waals surface area contributed by atoms with E-state index >= 15 is 0 Å². The van der Waals surface area contributed by atoms with E-state index < -0.39 is 33.6 Å². The zero-order valence-electron chi connectivity index (χ0n) is 14.0. The lowest BCUT2D eigenvalue weighted by atomic mass is 10.2. The van der Waals surface area contributed by atoms with E-state index in [2.05, 4.69) is 10.0 Å². The molecule has 1 aromatic rings. The number of ether oxygens (including phenoxy) is 1. The van der Waals surface area contributed by atoms with Crippen LogP contribution >= 0.6 is 11.6 Å². The van der Waals surface area contributed by atoms with Crippen LogP contribution in [0.1, 0.15) is 34.1 Å². The molecular weight excluding hydrogens is 359 g/mol. The summed E-state index contributed by atoms with van der Waals surface area (Å²) in [6, 6.07) is 2.59. The highest BCUT2D eigenvalue weighted by atomic mass is 35.5. The fourth-order valence-corrected chi connectivity index (χ4v) is 3.59. The predicted molar refractivity (Wildman–Crippen MR) is 90.0 cm³/mol. The molecule has 0 fully saturated rings. The third kappa shape index (κ3) is 7.02. The lowest BCUT2D eigenvalue weighted by molar-refractivity contribution is 0.0526. The number of rotatable bonds is 6. The third-order valence-corrected chi connectivity index (χ3v) is 4.86. The highest BCUT2D eigenvalue weighted by Gasteiger charge is 2.21. The van der Waals surface area contributed by atoms with Gasteiger partial charge in [0.05, 0.1) is 5.02 Å². The molecule has 6 nitrogen and oxygen atoms in total. The van der Waals surface area contributed by atoms with Gasteiger partial charge in [0.2, 0.25) is 10.0 Å². The molecule has 0 heterocycles. The summed E-state index contributed by atoms with van der Waals surface area (Å²) in [5.41, 5.74) is -0.601. The highest BCUT2D eigenvalue weighted by Crippen LogP contribution is 2.22. The van der Waals surface area contributed by atoms with Gasteiger partial charge in [-0.3, -0.25) is 0 Å². The Kier molecular flexibility index (Phi) is 7.00. The average Bonchev–Trinajstić information content (AvgIpc) is 2.34. The minimum absolute atomic E-state index is 0.193. The van der Waals surface area contributed by atoms with Gasteiger partial charge in [0.25, 0.3) is 0 Å². The second-order valence-corrected chi connectivity index (χ2v) is 8.40. The summed E-state index contributed by atoms with van der Waals surface area (Å²) in [4.78, 5) is 11.3. The Bertz CT molecular complexity index is 689. The van der Waals surface area contributed by atoms with Crippen molar-refractivity contribution < 1.29 is 22.3 Å². The maximum atomic E-state index is 13.0. The number of amides is 1. The predicted octanol–water partition coefficient (Wildman–Crippen LogP) is 3.06. The van der Waals surface area contributed by atoms with Crippen molar-refractivity contribution in [2.75, 3.05) is 6.54 Å². The Labute approximate surface area is 146 Å². The maximum Gasteiger partial charge on any atom is 0.407 e. The van der Waals surface area contributed by atoms with Gasteiger partial charge in [-0.05, 0) is 52.3 Å². The van der Waals surface area contributed by atoms with Crippen LogP contribution < -0.4 is 10.0 Å².